The first-order valence-corrected chi connectivity index (χ1v) is 5.57. The fourth-order valence-corrected chi connectivity index (χ4v) is 1.43. The van der Waals surface area contributed by atoms with Gasteiger partial charge in [-0.25, -0.2) is 4.98 Å². The highest BCUT2D eigenvalue weighted by atomic mass is 16.2. The number of nitrogens with one attached hydrogen (secondary N) is 1. The van der Waals surface area contributed by atoms with Crippen molar-refractivity contribution < 1.29 is 9.59 Å². The third-order valence-corrected chi connectivity index (χ3v) is 2.26. The second-order valence-electron chi connectivity index (χ2n) is 3.74. The number of carbonyl (C=O) groups is 2. The van der Waals surface area contributed by atoms with Crippen LogP contribution >= 0.6 is 0 Å². The minimum absolute atomic E-state index is 0.0724. The molecule has 0 aliphatic carbocycles. The molecule has 1 heterocycles. The van der Waals surface area contributed by atoms with Crippen LogP contribution in [-0.2, 0) is 4.79 Å². The molecule has 5 heteroatoms. The first-order chi connectivity index (χ1) is 8.19. The van der Waals surface area contributed by atoms with Gasteiger partial charge in [0.1, 0.15) is 5.82 Å². The van der Waals surface area contributed by atoms with Gasteiger partial charge in [0.15, 0.2) is 6.29 Å². The highest BCUT2D eigenvalue weighted by Gasteiger charge is 2.11. The molecule has 0 fully saturated rings. The van der Waals surface area contributed by atoms with E-state index in [-0.39, 0.29) is 12.5 Å². The Morgan fingerprint density at radius 2 is 2.35 bits per heavy atom. The lowest BCUT2D eigenvalue weighted by molar-refractivity contribution is -0.119. The van der Waals surface area contributed by atoms with Gasteiger partial charge in [0.2, 0.25) is 5.91 Å². The van der Waals surface area contributed by atoms with Crippen molar-refractivity contribution in [2.45, 2.75) is 13.3 Å². The molecule has 0 saturated carbocycles. The van der Waals surface area contributed by atoms with E-state index in [0.717, 1.165) is 12.7 Å². The third-order valence-electron chi connectivity index (χ3n) is 2.26. The molecule has 0 aromatic carbocycles. The quantitative estimate of drug-likeness (QED) is 0.743. The molecule has 0 atom stereocenters. The van der Waals surface area contributed by atoms with E-state index in [9.17, 15) is 9.59 Å². The molecule has 17 heavy (non-hydrogen) atoms. The lowest BCUT2D eigenvalue weighted by Crippen LogP contribution is -2.36. The number of pyridine rings is 1. The van der Waals surface area contributed by atoms with E-state index in [1.54, 1.807) is 30.3 Å². The number of likely N-dealkylation sites (N-methyl/N-ethyl adjacent to an activating group) is 1. The Bertz CT molecular complexity index is 393. The smallest absolute Gasteiger partial charge is 0.239 e. The summed E-state index contributed by atoms with van der Waals surface area (Å²) in [6, 6.07) is 3.37. The molecule has 1 aromatic rings. The van der Waals surface area contributed by atoms with Crippen LogP contribution in [-0.4, -0.2) is 37.3 Å². The topological polar surface area (TPSA) is 62.3 Å². The van der Waals surface area contributed by atoms with Gasteiger partial charge in [-0.2, -0.15) is 0 Å². The molecule has 0 aliphatic heterocycles. The van der Waals surface area contributed by atoms with Crippen molar-refractivity contribution in [2.24, 2.45) is 0 Å². The number of nitrogens with zero attached hydrogens (tertiary/aromatic N) is 2. The number of amides is 1. The summed E-state index contributed by atoms with van der Waals surface area (Å²) < 4.78 is 0. The van der Waals surface area contributed by atoms with Gasteiger partial charge in [-0.05, 0) is 18.6 Å². The van der Waals surface area contributed by atoms with Crippen molar-refractivity contribution in [2.75, 3.05) is 25.0 Å². The molecule has 0 radical (unpaired) electrons. The Morgan fingerprint density at radius 3 is 3.00 bits per heavy atom. The predicted octanol–water partition coefficient (Wildman–Crippen LogP) is 0.856. The van der Waals surface area contributed by atoms with Gasteiger partial charge >= 0.3 is 0 Å². The Balaban J connectivity index is 2.66. The van der Waals surface area contributed by atoms with Gasteiger partial charge < -0.3 is 10.2 Å². The number of hydrogen-bond donors (Lipinski definition) is 1. The Labute approximate surface area is 101 Å². The van der Waals surface area contributed by atoms with Gasteiger partial charge in [-0.15, -0.1) is 0 Å². The average Bonchev–Trinajstić information content (AvgIpc) is 2.36. The third kappa shape index (κ3) is 3.86. The summed E-state index contributed by atoms with van der Waals surface area (Å²) in [6.07, 6.45) is 3.24. The zero-order valence-electron chi connectivity index (χ0n) is 10.1. The monoisotopic (exact) mass is 235 g/mol. The van der Waals surface area contributed by atoms with Gasteiger partial charge in [0.05, 0.1) is 12.1 Å². The lowest BCUT2D eigenvalue weighted by Gasteiger charge is -2.18. The normalized spacial score (nSPS) is 9.76. The number of aldehydes is 1. The van der Waals surface area contributed by atoms with Crippen molar-refractivity contribution in [3.63, 3.8) is 0 Å². The van der Waals surface area contributed by atoms with E-state index >= 15 is 0 Å². The van der Waals surface area contributed by atoms with Gasteiger partial charge in [0, 0.05) is 19.8 Å². The minimum atomic E-state index is -0.0724. The van der Waals surface area contributed by atoms with E-state index in [1.165, 1.54) is 0 Å². The zero-order chi connectivity index (χ0) is 12.7. The largest absolute Gasteiger partial charge is 0.355 e. The molecular formula is C12H17N3O2. The number of rotatable bonds is 6. The van der Waals surface area contributed by atoms with E-state index in [1.807, 2.05) is 6.92 Å². The summed E-state index contributed by atoms with van der Waals surface area (Å²) in [6.45, 7) is 2.85. The number of carbonyl (C=O) groups excluding carboxylic acids is 2. The van der Waals surface area contributed by atoms with Crippen molar-refractivity contribution in [3.05, 3.63) is 23.9 Å². The van der Waals surface area contributed by atoms with Crippen LogP contribution < -0.4 is 10.2 Å². The molecule has 0 saturated heterocycles. The Morgan fingerprint density at radius 1 is 1.59 bits per heavy atom. The van der Waals surface area contributed by atoms with E-state index in [4.69, 9.17) is 0 Å². The first kappa shape index (κ1) is 13.2. The van der Waals surface area contributed by atoms with Crippen LogP contribution in [0.15, 0.2) is 18.3 Å². The van der Waals surface area contributed by atoms with Crippen molar-refractivity contribution in [1.29, 1.82) is 0 Å². The summed E-state index contributed by atoms with van der Waals surface area (Å²) in [5.74, 6) is 0.450. The summed E-state index contributed by atoms with van der Waals surface area (Å²) in [5.41, 5.74) is 0.485. The van der Waals surface area contributed by atoms with Crippen LogP contribution in [0, 0.1) is 0 Å². The van der Waals surface area contributed by atoms with E-state index in [2.05, 4.69) is 10.3 Å². The van der Waals surface area contributed by atoms with Gasteiger partial charge in [-0.3, -0.25) is 9.59 Å². The van der Waals surface area contributed by atoms with Crippen LogP contribution in [0.2, 0.25) is 0 Å². The van der Waals surface area contributed by atoms with Gasteiger partial charge in [-0.1, -0.05) is 6.92 Å². The summed E-state index contributed by atoms with van der Waals surface area (Å²) >= 11 is 0. The lowest BCUT2D eigenvalue weighted by atomic mass is 10.2. The zero-order valence-corrected chi connectivity index (χ0v) is 10.1. The highest BCUT2D eigenvalue weighted by molar-refractivity contribution is 5.86. The molecule has 0 spiro atoms. The maximum atomic E-state index is 11.5. The van der Waals surface area contributed by atoms with E-state index < -0.39 is 0 Å². The Hall–Kier alpha value is -1.91. The summed E-state index contributed by atoms with van der Waals surface area (Å²) in [7, 11) is 1.74. The van der Waals surface area contributed by atoms with Gasteiger partial charge in [0.25, 0.3) is 0 Å². The SMILES string of the molecule is CCCNC(=O)CN(C)c1ncccc1C=O. The van der Waals surface area contributed by atoms with Crippen molar-refractivity contribution in [1.82, 2.24) is 10.3 Å². The maximum absolute atomic E-state index is 11.5. The number of anilines is 1. The second kappa shape index (κ2) is 6.62. The predicted molar refractivity (Wildman–Crippen MR) is 66.2 cm³/mol. The summed E-state index contributed by atoms with van der Waals surface area (Å²) in [4.78, 5) is 28.1. The average molecular weight is 235 g/mol. The standard InChI is InChI=1S/C12H17N3O2/c1-3-6-13-11(17)8-15(2)12-10(9-16)5-4-7-14-12/h4-5,7,9H,3,6,8H2,1-2H3,(H,13,17). The first-order valence-electron chi connectivity index (χ1n) is 5.57. The van der Waals surface area contributed by atoms with Crippen LogP contribution in [0.4, 0.5) is 5.82 Å². The molecule has 0 unspecified atom stereocenters. The van der Waals surface area contributed by atoms with Crippen molar-refractivity contribution >= 4 is 18.0 Å². The molecule has 92 valence electrons. The van der Waals surface area contributed by atoms with Crippen molar-refractivity contribution in [3.8, 4) is 0 Å². The van der Waals surface area contributed by atoms with Crippen LogP contribution in [0.25, 0.3) is 0 Å². The fourth-order valence-electron chi connectivity index (χ4n) is 1.43. The van der Waals surface area contributed by atoms with Crippen LogP contribution in [0.5, 0.6) is 0 Å². The molecule has 1 amide bonds. The minimum Gasteiger partial charge on any atom is -0.355 e. The maximum Gasteiger partial charge on any atom is 0.239 e. The second-order valence-corrected chi connectivity index (χ2v) is 3.74. The molecule has 1 aromatic heterocycles. The van der Waals surface area contributed by atoms with Crippen LogP contribution in [0.3, 0.4) is 0 Å². The highest BCUT2D eigenvalue weighted by Crippen LogP contribution is 2.12. The molecule has 5 nitrogen and oxygen atoms in total. The Kier molecular flexibility index (Phi) is 5.13. The summed E-state index contributed by atoms with van der Waals surface area (Å²) in [5, 5.41) is 2.77. The molecule has 1 rings (SSSR count). The van der Waals surface area contributed by atoms with E-state index in [0.29, 0.717) is 17.9 Å². The molecule has 0 aliphatic rings. The number of hydrogen-bond acceptors (Lipinski definition) is 4. The molecular weight excluding hydrogens is 218 g/mol. The fraction of sp³-hybridized carbons (Fsp3) is 0.417. The number of aromatic nitrogens is 1. The van der Waals surface area contributed by atoms with Crippen LogP contribution in [0.1, 0.15) is 23.7 Å². The molecule has 1 N–H and O–H groups in total. The molecule has 0 bridgehead atoms.